The number of carbonyl (C=O) groups is 2. The smallest absolute Gasteiger partial charge is 0.326 e. The fourth-order valence-electron chi connectivity index (χ4n) is 1.60. The van der Waals surface area contributed by atoms with E-state index in [-0.39, 0.29) is 5.91 Å². The van der Waals surface area contributed by atoms with Crippen LogP contribution in [0.5, 0.6) is 0 Å². The first-order valence-electron chi connectivity index (χ1n) is 4.69. The molecule has 13 heavy (non-hydrogen) atoms. The molecule has 0 bridgehead atoms. The molecule has 1 fully saturated rings. The van der Waals surface area contributed by atoms with Crippen molar-refractivity contribution in [3.05, 3.63) is 0 Å². The molecular weight excluding hydrogens is 170 g/mol. The number of likely N-dealkylation sites (tertiary alicyclic amines) is 1. The van der Waals surface area contributed by atoms with E-state index >= 15 is 0 Å². The van der Waals surface area contributed by atoms with Gasteiger partial charge < -0.3 is 10.0 Å². The lowest BCUT2D eigenvalue weighted by Gasteiger charge is -2.20. The fourth-order valence-corrected chi connectivity index (χ4v) is 1.60. The first-order valence-corrected chi connectivity index (χ1v) is 4.69. The molecule has 1 heterocycles. The van der Waals surface area contributed by atoms with Crippen molar-refractivity contribution >= 4 is 11.9 Å². The molecule has 4 nitrogen and oxygen atoms in total. The van der Waals surface area contributed by atoms with E-state index in [0.717, 1.165) is 12.8 Å². The summed E-state index contributed by atoms with van der Waals surface area (Å²) in [6.07, 6.45) is 2.73. The molecule has 0 aromatic carbocycles. The minimum absolute atomic E-state index is 0.0131. The summed E-state index contributed by atoms with van der Waals surface area (Å²) in [5.41, 5.74) is 0. The van der Waals surface area contributed by atoms with Gasteiger partial charge in [0, 0.05) is 13.0 Å². The van der Waals surface area contributed by atoms with Crippen molar-refractivity contribution in [2.45, 2.75) is 38.6 Å². The van der Waals surface area contributed by atoms with Crippen LogP contribution in [0, 0.1) is 0 Å². The molecule has 1 N–H and O–H groups in total. The number of carbonyl (C=O) groups excluding carboxylic acids is 1. The Bertz CT molecular complexity index is 215. The molecule has 74 valence electrons. The molecule has 0 unspecified atom stereocenters. The Balaban J connectivity index is 2.55. The van der Waals surface area contributed by atoms with Gasteiger partial charge in [-0.25, -0.2) is 4.79 Å². The van der Waals surface area contributed by atoms with Crippen LogP contribution in [0.15, 0.2) is 0 Å². The molecule has 0 spiro atoms. The van der Waals surface area contributed by atoms with Gasteiger partial charge in [0.25, 0.3) is 0 Å². The largest absolute Gasteiger partial charge is 0.480 e. The third-order valence-electron chi connectivity index (χ3n) is 2.37. The number of amides is 1. The molecule has 1 atom stereocenters. The molecule has 4 heteroatoms. The van der Waals surface area contributed by atoms with Crippen molar-refractivity contribution in [1.82, 2.24) is 4.90 Å². The normalized spacial score (nSPS) is 22.4. The number of hydrogen-bond donors (Lipinski definition) is 1. The molecule has 1 saturated heterocycles. The van der Waals surface area contributed by atoms with E-state index in [4.69, 9.17) is 5.11 Å². The zero-order valence-electron chi connectivity index (χ0n) is 7.82. The standard InChI is InChI=1S/C9H15NO3/c1-2-3-6-10-7(9(12)13)4-5-8(10)11/h7H,2-6H2,1H3,(H,12,13)/t7-/m0/s1. The van der Waals surface area contributed by atoms with Crippen molar-refractivity contribution in [2.24, 2.45) is 0 Å². The van der Waals surface area contributed by atoms with Crippen LogP contribution in [0.4, 0.5) is 0 Å². The minimum Gasteiger partial charge on any atom is -0.480 e. The van der Waals surface area contributed by atoms with Crippen molar-refractivity contribution in [2.75, 3.05) is 6.54 Å². The van der Waals surface area contributed by atoms with Gasteiger partial charge in [-0.15, -0.1) is 0 Å². The number of hydrogen-bond acceptors (Lipinski definition) is 2. The molecule has 0 aromatic rings. The quantitative estimate of drug-likeness (QED) is 0.706. The molecule has 0 saturated carbocycles. The maximum Gasteiger partial charge on any atom is 0.326 e. The van der Waals surface area contributed by atoms with Crippen LogP contribution in [0.3, 0.4) is 0 Å². The average Bonchev–Trinajstić information content (AvgIpc) is 2.43. The van der Waals surface area contributed by atoms with Crippen molar-refractivity contribution < 1.29 is 14.7 Å². The Hall–Kier alpha value is -1.06. The van der Waals surface area contributed by atoms with E-state index in [2.05, 4.69) is 0 Å². The van der Waals surface area contributed by atoms with Gasteiger partial charge >= 0.3 is 5.97 Å². The average molecular weight is 185 g/mol. The Labute approximate surface area is 77.5 Å². The van der Waals surface area contributed by atoms with Crippen LogP contribution < -0.4 is 0 Å². The summed E-state index contributed by atoms with van der Waals surface area (Å²) >= 11 is 0. The van der Waals surface area contributed by atoms with E-state index < -0.39 is 12.0 Å². The molecule has 1 aliphatic heterocycles. The highest BCUT2D eigenvalue weighted by molar-refractivity contribution is 5.87. The lowest BCUT2D eigenvalue weighted by molar-refractivity contribution is -0.146. The molecule has 0 radical (unpaired) electrons. The van der Waals surface area contributed by atoms with Crippen molar-refractivity contribution in [1.29, 1.82) is 0 Å². The minimum atomic E-state index is -0.873. The maximum atomic E-state index is 11.3. The second kappa shape index (κ2) is 4.25. The van der Waals surface area contributed by atoms with Gasteiger partial charge in [-0.05, 0) is 12.8 Å². The van der Waals surface area contributed by atoms with Crippen LogP contribution in [0.1, 0.15) is 32.6 Å². The molecule has 0 aliphatic carbocycles. The highest BCUT2D eigenvalue weighted by atomic mass is 16.4. The Morgan fingerprint density at radius 3 is 2.92 bits per heavy atom. The second-order valence-electron chi connectivity index (χ2n) is 3.33. The van der Waals surface area contributed by atoms with Gasteiger partial charge in [-0.2, -0.15) is 0 Å². The third-order valence-corrected chi connectivity index (χ3v) is 2.37. The van der Waals surface area contributed by atoms with E-state index in [9.17, 15) is 9.59 Å². The summed E-state index contributed by atoms with van der Waals surface area (Å²) in [5.74, 6) is -0.886. The Morgan fingerprint density at radius 1 is 1.69 bits per heavy atom. The molecule has 1 amide bonds. The van der Waals surface area contributed by atoms with E-state index in [1.54, 1.807) is 0 Å². The Morgan fingerprint density at radius 2 is 2.38 bits per heavy atom. The van der Waals surface area contributed by atoms with E-state index in [1.165, 1.54) is 4.90 Å². The highest BCUT2D eigenvalue weighted by Gasteiger charge is 2.35. The molecule has 0 aromatic heterocycles. The van der Waals surface area contributed by atoms with Crippen LogP contribution in [0.2, 0.25) is 0 Å². The summed E-state index contributed by atoms with van der Waals surface area (Å²) in [5, 5.41) is 8.81. The summed E-state index contributed by atoms with van der Waals surface area (Å²) in [7, 11) is 0. The number of unbranched alkanes of at least 4 members (excludes halogenated alkanes) is 1. The predicted octanol–water partition coefficient (Wildman–Crippen LogP) is 0.862. The maximum absolute atomic E-state index is 11.3. The third kappa shape index (κ3) is 2.20. The fraction of sp³-hybridized carbons (Fsp3) is 0.778. The zero-order valence-corrected chi connectivity index (χ0v) is 7.82. The van der Waals surface area contributed by atoms with Crippen LogP contribution in [-0.2, 0) is 9.59 Å². The van der Waals surface area contributed by atoms with Gasteiger partial charge in [-0.3, -0.25) is 4.79 Å². The number of carboxylic acid groups (broad SMARTS) is 1. The number of rotatable bonds is 4. The summed E-state index contributed by atoms with van der Waals surface area (Å²) in [6, 6.07) is -0.570. The summed E-state index contributed by atoms with van der Waals surface area (Å²) in [6.45, 7) is 2.61. The lowest BCUT2D eigenvalue weighted by Crippen LogP contribution is -2.39. The van der Waals surface area contributed by atoms with Crippen molar-refractivity contribution in [3.63, 3.8) is 0 Å². The second-order valence-corrected chi connectivity index (χ2v) is 3.33. The molecule has 1 aliphatic rings. The van der Waals surface area contributed by atoms with Gasteiger partial charge in [-0.1, -0.05) is 13.3 Å². The van der Waals surface area contributed by atoms with Crippen molar-refractivity contribution in [3.8, 4) is 0 Å². The topological polar surface area (TPSA) is 57.6 Å². The Kier molecular flexibility index (Phi) is 3.28. The molecule has 1 rings (SSSR count). The first-order chi connectivity index (χ1) is 6.16. The van der Waals surface area contributed by atoms with Gasteiger partial charge in [0.15, 0.2) is 0 Å². The highest BCUT2D eigenvalue weighted by Crippen LogP contribution is 2.19. The summed E-state index contributed by atoms with van der Waals surface area (Å²) in [4.78, 5) is 23.5. The zero-order chi connectivity index (χ0) is 9.84. The molecular formula is C9H15NO3. The SMILES string of the molecule is CCCCN1C(=O)CC[C@H]1C(=O)O. The van der Waals surface area contributed by atoms with Gasteiger partial charge in [0.05, 0.1) is 0 Å². The summed E-state index contributed by atoms with van der Waals surface area (Å²) < 4.78 is 0. The lowest BCUT2D eigenvalue weighted by atomic mass is 10.2. The van der Waals surface area contributed by atoms with Crippen LogP contribution in [0.25, 0.3) is 0 Å². The van der Waals surface area contributed by atoms with E-state index in [1.807, 2.05) is 6.92 Å². The number of nitrogens with zero attached hydrogens (tertiary/aromatic N) is 1. The van der Waals surface area contributed by atoms with Gasteiger partial charge in [0.1, 0.15) is 6.04 Å². The predicted molar refractivity (Wildman–Crippen MR) is 47.3 cm³/mol. The number of carboxylic acids is 1. The van der Waals surface area contributed by atoms with E-state index in [0.29, 0.717) is 19.4 Å². The van der Waals surface area contributed by atoms with Crippen LogP contribution >= 0.6 is 0 Å². The van der Waals surface area contributed by atoms with Crippen LogP contribution in [-0.4, -0.2) is 34.5 Å². The first kappa shape index (κ1) is 10.0. The van der Waals surface area contributed by atoms with Gasteiger partial charge in [0.2, 0.25) is 5.91 Å². The number of aliphatic carboxylic acids is 1. The monoisotopic (exact) mass is 185 g/mol.